The lowest BCUT2D eigenvalue weighted by molar-refractivity contribution is -0.384. The van der Waals surface area contributed by atoms with Crippen LogP contribution < -0.4 is 4.90 Å². The van der Waals surface area contributed by atoms with Crippen molar-refractivity contribution in [3.05, 3.63) is 33.9 Å². The number of aromatic carboxylic acids is 1. The van der Waals surface area contributed by atoms with Gasteiger partial charge in [0.05, 0.1) is 10.5 Å². The highest BCUT2D eigenvalue weighted by atomic mass is 16.6. The van der Waals surface area contributed by atoms with Crippen molar-refractivity contribution in [1.82, 2.24) is 0 Å². The minimum absolute atomic E-state index is 0.0735. The van der Waals surface area contributed by atoms with E-state index in [9.17, 15) is 14.9 Å². The Labute approximate surface area is 111 Å². The van der Waals surface area contributed by atoms with Gasteiger partial charge in [-0.2, -0.15) is 0 Å². The number of nitrogens with zero attached hydrogens (tertiary/aromatic N) is 2. The first kappa shape index (κ1) is 14.9. The highest BCUT2D eigenvalue weighted by molar-refractivity contribution is 5.89. The van der Waals surface area contributed by atoms with Crippen LogP contribution in [0.25, 0.3) is 0 Å². The van der Waals surface area contributed by atoms with Gasteiger partial charge in [-0.05, 0) is 32.4 Å². The summed E-state index contributed by atoms with van der Waals surface area (Å²) in [7, 11) is 0. The molecule has 0 amide bonds. The van der Waals surface area contributed by atoms with Crippen molar-refractivity contribution in [1.29, 1.82) is 0 Å². The van der Waals surface area contributed by atoms with Gasteiger partial charge >= 0.3 is 5.97 Å². The van der Waals surface area contributed by atoms with Crippen LogP contribution in [0, 0.1) is 10.1 Å². The molecule has 0 saturated heterocycles. The molecule has 0 fully saturated rings. The van der Waals surface area contributed by atoms with Crippen molar-refractivity contribution in [3.63, 3.8) is 0 Å². The molecule has 19 heavy (non-hydrogen) atoms. The van der Waals surface area contributed by atoms with Gasteiger partial charge in [0.15, 0.2) is 0 Å². The van der Waals surface area contributed by atoms with E-state index in [1.54, 1.807) is 0 Å². The van der Waals surface area contributed by atoms with E-state index in [0.29, 0.717) is 12.2 Å². The first-order valence-corrected chi connectivity index (χ1v) is 6.16. The zero-order chi connectivity index (χ0) is 14.6. The monoisotopic (exact) mass is 266 g/mol. The van der Waals surface area contributed by atoms with Gasteiger partial charge in [0.1, 0.15) is 5.69 Å². The number of nitro benzene ring substituents is 1. The number of hydrogen-bond acceptors (Lipinski definition) is 4. The molecule has 1 N–H and O–H groups in total. The van der Waals surface area contributed by atoms with Crippen LogP contribution in [0.5, 0.6) is 0 Å². The number of rotatable bonds is 6. The van der Waals surface area contributed by atoms with Crippen LogP contribution in [-0.4, -0.2) is 28.6 Å². The Morgan fingerprint density at radius 2 is 2.11 bits per heavy atom. The third kappa shape index (κ3) is 3.43. The fourth-order valence-electron chi connectivity index (χ4n) is 1.94. The van der Waals surface area contributed by atoms with Gasteiger partial charge in [-0.25, -0.2) is 4.79 Å². The van der Waals surface area contributed by atoms with Crippen LogP contribution in [0.4, 0.5) is 11.4 Å². The summed E-state index contributed by atoms with van der Waals surface area (Å²) in [4.78, 5) is 23.4. The summed E-state index contributed by atoms with van der Waals surface area (Å²) in [5.74, 6) is -1.17. The van der Waals surface area contributed by atoms with Gasteiger partial charge in [-0.3, -0.25) is 10.1 Å². The van der Waals surface area contributed by atoms with E-state index in [0.717, 1.165) is 12.5 Å². The van der Waals surface area contributed by atoms with E-state index < -0.39 is 10.9 Å². The topological polar surface area (TPSA) is 83.7 Å². The molecule has 0 aliphatic carbocycles. The van der Waals surface area contributed by atoms with Gasteiger partial charge in [-0.1, -0.05) is 6.92 Å². The lowest BCUT2D eigenvalue weighted by Crippen LogP contribution is -2.32. The molecule has 0 heterocycles. The van der Waals surface area contributed by atoms with Crippen LogP contribution in [0.3, 0.4) is 0 Å². The molecule has 0 unspecified atom stereocenters. The average Bonchev–Trinajstić information content (AvgIpc) is 2.34. The molecule has 0 aliphatic rings. The molecule has 6 heteroatoms. The molecule has 1 aromatic rings. The number of carbonyl (C=O) groups is 1. The van der Waals surface area contributed by atoms with E-state index in [2.05, 4.69) is 0 Å². The average molecular weight is 266 g/mol. The minimum atomic E-state index is -1.17. The molecule has 0 aromatic heterocycles. The molecular weight excluding hydrogens is 248 g/mol. The molecule has 6 nitrogen and oxygen atoms in total. The van der Waals surface area contributed by atoms with E-state index in [-0.39, 0.29) is 17.3 Å². The lowest BCUT2D eigenvalue weighted by atomic mass is 10.1. The molecule has 1 rings (SSSR count). The van der Waals surface area contributed by atoms with Gasteiger partial charge in [0.2, 0.25) is 0 Å². The van der Waals surface area contributed by atoms with Crippen LogP contribution in [0.2, 0.25) is 0 Å². The summed E-state index contributed by atoms with van der Waals surface area (Å²) in [6, 6.07) is 4.13. The summed E-state index contributed by atoms with van der Waals surface area (Å²) in [5, 5.41) is 20.0. The van der Waals surface area contributed by atoms with E-state index in [1.807, 2.05) is 25.7 Å². The molecule has 0 saturated carbocycles. The van der Waals surface area contributed by atoms with E-state index in [1.165, 1.54) is 12.1 Å². The van der Waals surface area contributed by atoms with Crippen molar-refractivity contribution in [2.75, 3.05) is 11.4 Å². The van der Waals surface area contributed by atoms with Crippen LogP contribution in [0.1, 0.15) is 37.6 Å². The Morgan fingerprint density at radius 3 is 2.53 bits per heavy atom. The highest BCUT2D eigenvalue weighted by Gasteiger charge is 2.22. The molecule has 0 atom stereocenters. The number of nitro groups is 1. The van der Waals surface area contributed by atoms with Gasteiger partial charge in [0, 0.05) is 18.7 Å². The summed E-state index contributed by atoms with van der Waals surface area (Å²) in [6.07, 6.45) is 0.857. The summed E-state index contributed by atoms with van der Waals surface area (Å²) in [6.45, 7) is 6.58. The highest BCUT2D eigenvalue weighted by Crippen LogP contribution is 2.30. The Hall–Kier alpha value is -2.11. The number of hydrogen-bond donors (Lipinski definition) is 1. The van der Waals surface area contributed by atoms with Gasteiger partial charge in [0.25, 0.3) is 5.69 Å². The Morgan fingerprint density at radius 1 is 1.47 bits per heavy atom. The smallest absolute Gasteiger partial charge is 0.335 e. The molecule has 0 radical (unpaired) electrons. The quantitative estimate of drug-likeness (QED) is 0.632. The normalized spacial score (nSPS) is 10.5. The second-order valence-electron chi connectivity index (χ2n) is 4.55. The van der Waals surface area contributed by atoms with Crippen molar-refractivity contribution in [3.8, 4) is 0 Å². The maximum absolute atomic E-state index is 11.1. The number of benzene rings is 1. The van der Waals surface area contributed by atoms with E-state index in [4.69, 9.17) is 5.11 Å². The largest absolute Gasteiger partial charge is 0.478 e. The summed E-state index contributed by atoms with van der Waals surface area (Å²) in [5.41, 5.74) is 0.226. The third-order valence-corrected chi connectivity index (χ3v) is 2.82. The predicted molar refractivity (Wildman–Crippen MR) is 72.8 cm³/mol. The molecular formula is C13H18N2O4. The third-order valence-electron chi connectivity index (χ3n) is 2.82. The first-order valence-electron chi connectivity index (χ1n) is 6.16. The molecule has 0 spiro atoms. The van der Waals surface area contributed by atoms with Crippen molar-refractivity contribution in [2.45, 2.75) is 33.2 Å². The lowest BCUT2D eigenvalue weighted by Gasteiger charge is -2.28. The second kappa shape index (κ2) is 6.17. The maximum Gasteiger partial charge on any atom is 0.335 e. The van der Waals surface area contributed by atoms with Crippen molar-refractivity contribution >= 4 is 17.3 Å². The summed E-state index contributed by atoms with van der Waals surface area (Å²) >= 11 is 0. The Balaban J connectivity index is 3.32. The van der Waals surface area contributed by atoms with Gasteiger partial charge < -0.3 is 10.0 Å². The molecule has 104 valence electrons. The zero-order valence-electron chi connectivity index (χ0n) is 11.3. The standard InChI is InChI=1S/C13H18N2O4/c1-4-7-14(9(2)3)11-6-5-10(13(16)17)8-12(11)15(18)19/h5-6,8-9H,4,7H2,1-3H3,(H,16,17). The van der Waals surface area contributed by atoms with Crippen molar-refractivity contribution < 1.29 is 14.8 Å². The Bertz CT molecular complexity index is 486. The summed E-state index contributed by atoms with van der Waals surface area (Å²) < 4.78 is 0. The number of anilines is 1. The van der Waals surface area contributed by atoms with Gasteiger partial charge in [-0.15, -0.1) is 0 Å². The Kier molecular flexibility index (Phi) is 4.86. The van der Waals surface area contributed by atoms with Crippen LogP contribution in [0.15, 0.2) is 18.2 Å². The fourth-order valence-corrected chi connectivity index (χ4v) is 1.94. The second-order valence-corrected chi connectivity index (χ2v) is 4.55. The van der Waals surface area contributed by atoms with E-state index >= 15 is 0 Å². The number of carboxylic acid groups (broad SMARTS) is 1. The maximum atomic E-state index is 11.1. The number of carboxylic acids is 1. The minimum Gasteiger partial charge on any atom is -0.478 e. The molecule has 0 aliphatic heterocycles. The fraction of sp³-hybridized carbons (Fsp3) is 0.462. The molecule has 0 bridgehead atoms. The predicted octanol–water partition coefficient (Wildman–Crippen LogP) is 2.92. The first-order chi connectivity index (χ1) is 8.88. The zero-order valence-corrected chi connectivity index (χ0v) is 11.3. The van der Waals surface area contributed by atoms with Crippen LogP contribution >= 0.6 is 0 Å². The SMILES string of the molecule is CCCN(c1ccc(C(=O)O)cc1[N+](=O)[O-])C(C)C. The molecule has 1 aromatic carbocycles. The van der Waals surface area contributed by atoms with Crippen LogP contribution in [-0.2, 0) is 0 Å². The van der Waals surface area contributed by atoms with Crippen molar-refractivity contribution in [2.24, 2.45) is 0 Å².